The van der Waals surface area contributed by atoms with E-state index in [1.54, 1.807) is 0 Å². The molecule has 1 aromatic heterocycles. The molecule has 2 aliphatic rings. The van der Waals surface area contributed by atoms with Gasteiger partial charge in [-0.1, -0.05) is 13.8 Å². The second kappa shape index (κ2) is 11.5. The van der Waals surface area contributed by atoms with Crippen molar-refractivity contribution in [3.8, 4) is 0 Å². The average Bonchev–Trinajstić information content (AvgIpc) is 2.60. The van der Waals surface area contributed by atoms with E-state index in [0.717, 1.165) is 38.2 Å². The number of hydrogen-bond donors (Lipinski definition) is 0. The van der Waals surface area contributed by atoms with Gasteiger partial charge in [0.1, 0.15) is 0 Å². The number of aryl methyl sites for hydroxylation is 2. The first-order valence-corrected chi connectivity index (χ1v) is 10.3. The molecule has 0 bridgehead atoms. The summed E-state index contributed by atoms with van der Waals surface area (Å²) in [5, 5.41) is 10.8. The van der Waals surface area contributed by atoms with Crippen LogP contribution >= 0.6 is 0 Å². The largest absolute Gasteiger partial charge is 1.00 e. The van der Waals surface area contributed by atoms with Crippen LogP contribution in [0.2, 0.25) is 0 Å². The molecule has 1 aromatic rings. The second-order valence-electron chi connectivity index (χ2n) is 8.07. The molecule has 5 heteroatoms. The van der Waals surface area contributed by atoms with Gasteiger partial charge in [0, 0.05) is 18.2 Å². The summed E-state index contributed by atoms with van der Waals surface area (Å²) in [5.74, 6) is -0.537. The van der Waals surface area contributed by atoms with Crippen LogP contribution in [0.5, 0.6) is 0 Å². The molecule has 1 saturated heterocycles. The molecule has 0 aromatic carbocycles. The Morgan fingerprint density at radius 3 is 2.26 bits per heavy atom. The number of carboxylic acids is 1. The van der Waals surface area contributed by atoms with E-state index in [1.807, 2.05) is 13.8 Å². The summed E-state index contributed by atoms with van der Waals surface area (Å²) < 4.78 is 0. The fourth-order valence-corrected chi connectivity index (χ4v) is 4.65. The van der Waals surface area contributed by atoms with Crippen molar-refractivity contribution in [3.05, 3.63) is 29.1 Å². The van der Waals surface area contributed by atoms with Crippen LogP contribution in [0.25, 0.3) is 0 Å². The van der Waals surface area contributed by atoms with Gasteiger partial charge in [0.2, 0.25) is 0 Å². The van der Waals surface area contributed by atoms with Crippen LogP contribution < -0.4 is 34.7 Å². The van der Waals surface area contributed by atoms with Gasteiger partial charge in [0.15, 0.2) is 0 Å². The summed E-state index contributed by atoms with van der Waals surface area (Å²) in [7, 11) is 0. The Balaban J connectivity index is 0.00000118. The number of aliphatic carboxylic acids is 1. The minimum atomic E-state index is -0.883. The third kappa shape index (κ3) is 7.49. The van der Waals surface area contributed by atoms with Crippen LogP contribution in [0.1, 0.15) is 75.7 Å². The molecule has 1 aliphatic carbocycles. The SMILES string of the molecule is CC.Cc1cc(C)nc(CN2CCC3(CCC(CC(=O)[O-])CC3)CC2)c1.[Na+]. The number of likely N-dealkylation sites (tertiary alicyclic amines) is 1. The number of nitrogens with zero attached hydrogens (tertiary/aromatic N) is 2. The molecule has 27 heavy (non-hydrogen) atoms. The maximum Gasteiger partial charge on any atom is 1.00 e. The van der Waals surface area contributed by atoms with Crippen molar-refractivity contribution in [3.63, 3.8) is 0 Å². The van der Waals surface area contributed by atoms with E-state index in [-0.39, 0.29) is 36.0 Å². The van der Waals surface area contributed by atoms with Crippen LogP contribution in [0.4, 0.5) is 0 Å². The zero-order valence-electron chi connectivity index (χ0n) is 18.0. The van der Waals surface area contributed by atoms with Crippen LogP contribution in [-0.2, 0) is 11.3 Å². The minimum Gasteiger partial charge on any atom is -0.550 e. The van der Waals surface area contributed by atoms with E-state index in [2.05, 4.69) is 35.9 Å². The standard InChI is InChI=1S/C20H30N2O2.C2H6.Na/c1-15-11-16(2)21-18(12-15)14-22-9-7-20(8-10-22)5-3-17(4-6-20)13-19(23)24;1-2;/h11-12,17H,3-10,13-14H2,1-2H3,(H,23,24);1-2H3;/q;;+1/p-1. The summed E-state index contributed by atoms with van der Waals surface area (Å²) in [6.07, 6.45) is 7.26. The van der Waals surface area contributed by atoms with Gasteiger partial charge < -0.3 is 9.90 Å². The monoisotopic (exact) mass is 382 g/mol. The molecule has 0 N–H and O–H groups in total. The molecule has 4 nitrogen and oxygen atoms in total. The van der Waals surface area contributed by atoms with Gasteiger partial charge in [0.25, 0.3) is 0 Å². The number of pyridine rings is 1. The normalized spacial score (nSPS) is 19.7. The van der Waals surface area contributed by atoms with E-state index in [0.29, 0.717) is 11.3 Å². The number of piperidine rings is 1. The number of carboxylic acid groups (broad SMARTS) is 1. The molecule has 0 atom stereocenters. The Bertz CT molecular complexity index is 568. The number of aromatic nitrogens is 1. The molecule has 2 heterocycles. The average molecular weight is 383 g/mol. The Morgan fingerprint density at radius 2 is 1.74 bits per heavy atom. The first-order chi connectivity index (χ1) is 12.4. The molecule has 1 spiro atoms. The van der Waals surface area contributed by atoms with Crippen LogP contribution in [0.15, 0.2) is 12.1 Å². The fraction of sp³-hybridized carbons (Fsp3) is 0.727. The quantitative estimate of drug-likeness (QED) is 0.718. The van der Waals surface area contributed by atoms with Gasteiger partial charge in [-0.3, -0.25) is 9.88 Å². The Hall–Kier alpha value is -0.420. The Morgan fingerprint density at radius 1 is 1.15 bits per heavy atom. The van der Waals surface area contributed by atoms with Crippen molar-refractivity contribution >= 4 is 5.97 Å². The Kier molecular flexibility index (Phi) is 10.5. The number of rotatable bonds is 4. The van der Waals surface area contributed by atoms with Crippen LogP contribution in [0, 0.1) is 25.2 Å². The molecular formula is C22H35N2NaO2. The van der Waals surface area contributed by atoms with E-state index < -0.39 is 5.97 Å². The third-order valence-corrected chi connectivity index (χ3v) is 6.07. The number of hydrogen-bond acceptors (Lipinski definition) is 4. The van der Waals surface area contributed by atoms with E-state index >= 15 is 0 Å². The first-order valence-electron chi connectivity index (χ1n) is 10.3. The Labute approximate surface area is 187 Å². The van der Waals surface area contributed by atoms with Crippen molar-refractivity contribution in [1.82, 2.24) is 9.88 Å². The van der Waals surface area contributed by atoms with E-state index in [4.69, 9.17) is 0 Å². The van der Waals surface area contributed by atoms with Crippen LogP contribution in [0.3, 0.4) is 0 Å². The molecule has 3 rings (SSSR count). The fourth-order valence-electron chi connectivity index (χ4n) is 4.65. The predicted molar refractivity (Wildman–Crippen MR) is 104 cm³/mol. The van der Waals surface area contributed by atoms with Crippen molar-refractivity contribution in [2.75, 3.05) is 13.1 Å². The summed E-state index contributed by atoms with van der Waals surface area (Å²) in [5.41, 5.74) is 4.04. The molecule has 146 valence electrons. The second-order valence-corrected chi connectivity index (χ2v) is 8.07. The van der Waals surface area contributed by atoms with Crippen LogP contribution in [-0.4, -0.2) is 28.9 Å². The van der Waals surface area contributed by atoms with Gasteiger partial charge in [-0.25, -0.2) is 0 Å². The van der Waals surface area contributed by atoms with Crippen molar-refractivity contribution < 1.29 is 39.5 Å². The summed E-state index contributed by atoms with van der Waals surface area (Å²) >= 11 is 0. The molecule has 0 unspecified atom stereocenters. The van der Waals surface area contributed by atoms with Gasteiger partial charge in [0.05, 0.1) is 5.69 Å². The first kappa shape index (κ1) is 24.6. The topological polar surface area (TPSA) is 56.3 Å². The zero-order valence-corrected chi connectivity index (χ0v) is 20.0. The molecule has 1 aliphatic heterocycles. The molecule has 0 radical (unpaired) electrons. The van der Waals surface area contributed by atoms with E-state index in [9.17, 15) is 9.90 Å². The summed E-state index contributed by atoms with van der Waals surface area (Å²) in [4.78, 5) is 18.0. The minimum absolute atomic E-state index is 0. The van der Waals surface area contributed by atoms with Crippen molar-refractivity contribution in [2.45, 2.75) is 79.2 Å². The molecule has 1 saturated carbocycles. The third-order valence-electron chi connectivity index (χ3n) is 6.07. The van der Waals surface area contributed by atoms with E-state index in [1.165, 1.54) is 36.9 Å². The predicted octanol–water partition coefficient (Wildman–Crippen LogP) is 0.641. The molecular weight excluding hydrogens is 347 g/mol. The van der Waals surface area contributed by atoms with Gasteiger partial charge >= 0.3 is 29.6 Å². The van der Waals surface area contributed by atoms with Gasteiger partial charge in [-0.05, 0) is 101 Å². The smallest absolute Gasteiger partial charge is 0.550 e. The van der Waals surface area contributed by atoms with Crippen molar-refractivity contribution in [2.24, 2.45) is 11.3 Å². The molecule has 2 fully saturated rings. The molecule has 0 amide bonds. The van der Waals surface area contributed by atoms with Crippen molar-refractivity contribution in [1.29, 1.82) is 0 Å². The summed E-state index contributed by atoms with van der Waals surface area (Å²) in [6, 6.07) is 4.32. The zero-order chi connectivity index (χ0) is 19.2. The number of carbonyl (C=O) groups excluding carboxylic acids is 1. The summed E-state index contributed by atoms with van der Waals surface area (Å²) in [6.45, 7) is 11.4. The maximum absolute atomic E-state index is 10.8. The van der Waals surface area contributed by atoms with Gasteiger partial charge in [-0.2, -0.15) is 0 Å². The number of carbonyl (C=O) groups is 1. The maximum atomic E-state index is 10.8. The van der Waals surface area contributed by atoms with Gasteiger partial charge in [-0.15, -0.1) is 0 Å².